The van der Waals surface area contributed by atoms with Gasteiger partial charge in [-0.3, -0.25) is 8.98 Å². The second-order valence-electron chi connectivity index (χ2n) is 4.14. The minimum atomic E-state index is -3.88. The molecule has 19 heavy (non-hydrogen) atoms. The van der Waals surface area contributed by atoms with Crippen molar-refractivity contribution in [2.24, 2.45) is 0 Å². The summed E-state index contributed by atoms with van der Waals surface area (Å²) in [4.78, 5) is 10.7. The number of rotatable bonds is 6. The maximum absolute atomic E-state index is 11.8. The summed E-state index contributed by atoms with van der Waals surface area (Å²) in [6.45, 7) is 2.68. The molecule has 7 heteroatoms. The molecule has 0 aliphatic rings. The van der Waals surface area contributed by atoms with E-state index >= 15 is 0 Å². The third-order valence-corrected chi connectivity index (χ3v) is 3.61. The van der Waals surface area contributed by atoms with Crippen molar-refractivity contribution in [3.63, 3.8) is 0 Å². The minimum Gasteiger partial charge on any atom is -0.389 e. The normalized spacial score (nSPS) is 13.0. The molecule has 6 nitrogen and oxygen atoms in total. The van der Waals surface area contributed by atoms with Crippen LogP contribution in [0.1, 0.15) is 12.5 Å². The van der Waals surface area contributed by atoms with E-state index in [0.29, 0.717) is 0 Å². The maximum Gasteiger partial charge on any atom is 0.297 e. The van der Waals surface area contributed by atoms with Crippen LogP contribution >= 0.6 is 0 Å². The van der Waals surface area contributed by atoms with E-state index in [2.05, 4.69) is 5.32 Å². The summed E-state index contributed by atoms with van der Waals surface area (Å²) in [6, 6.07) is 6.18. The van der Waals surface area contributed by atoms with Gasteiger partial charge in [-0.05, 0) is 19.1 Å². The Morgan fingerprint density at radius 2 is 1.95 bits per heavy atom. The monoisotopic (exact) mass is 287 g/mol. The quantitative estimate of drug-likeness (QED) is 0.729. The Balaban J connectivity index is 2.56. The summed E-state index contributed by atoms with van der Waals surface area (Å²) in [7, 11) is -3.88. The summed E-state index contributed by atoms with van der Waals surface area (Å²) >= 11 is 0. The van der Waals surface area contributed by atoms with Gasteiger partial charge in [0.25, 0.3) is 10.1 Å². The van der Waals surface area contributed by atoms with Gasteiger partial charge in [0.15, 0.2) is 0 Å². The number of hydrogen-bond donors (Lipinski definition) is 2. The Kier molecular flexibility index (Phi) is 5.46. The average Bonchev–Trinajstić information content (AvgIpc) is 2.34. The number of hydrogen-bond acceptors (Lipinski definition) is 5. The Morgan fingerprint density at radius 1 is 1.37 bits per heavy atom. The van der Waals surface area contributed by atoms with E-state index in [1.54, 1.807) is 12.1 Å². The van der Waals surface area contributed by atoms with Crippen LogP contribution in [0.4, 0.5) is 0 Å². The molecular weight excluding hydrogens is 270 g/mol. The fourth-order valence-electron chi connectivity index (χ4n) is 1.26. The number of benzene rings is 1. The zero-order valence-electron chi connectivity index (χ0n) is 10.8. The number of nitrogens with one attached hydrogen (secondary N) is 1. The first kappa shape index (κ1) is 15.6. The number of carbonyl (C=O) groups excluding carboxylic acids is 1. The molecule has 2 N–H and O–H groups in total. The van der Waals surface area contributed by atoms with Crippen LogP contribution in [0.2, 0.25) is 0 Å². The molecule has 0 fully saturated rings. The van der Waals surface area contributed by atoms with Crippen molar-refractivity contribution in [1.82, 2.24) is 5.32 Å². The van der Waals surface area contributed by atoms with Gasteiger partial charge in [-0.15, -0.1) is 0 Å². The molecule has 1 rings (SSSR count). The van der Waals surface area contributed by atoms with Crippen molar-refractivity contribution >= 4 is 16.0 Å². The highest BCUT2D eigenvalue weighted by Crippen LogP contribution is 2.13. The van der Waals surface area contributed by atoms with Crippen molar-refractivity contribution in [3.05, 3.63) is 29.8 Å². The first-order valence-corrected chi connectivity index (χ1v) is 7.10. The molecule has 0 heterocycles. The molecule has 0 radical (unpaired) electrons. The lowest BCUT2D eigenvalue weighted by atomic mass is 10.2. The molecule has 1 unspecified atom stereocenters. The summed E-state index contributed by atoms with van der Waals surface area (Å²) in [5, 5.41) is 11.8. The predicted molar refractivity (Wildman–Crippen MR) is 69.0 cm³/mol. The molecule has 1 atom stereocenters. The van der Waals surface area contributed by atoms with Gasteiger partial charge in [-0.1, -0.05) is 17.7 Å². The van der Waals surface area contributed by atoms with E-state index in [-0.39, 0.29) is 17.3 Å². The summed E-state index contributed by atoms with van der Waals surface area (Å²) in [6.07, 6.45) is -1.08. The lowest BCUT2D eigenvalue weighted by Crippen LogP contribution is -2.33. The van der Waals surface area contributed by atoms with Crippen LogP contribution in [-0.4, -0.2) is 38.7 Å². The van der Waals surface area contributed by atoms with E-state index in [0.717, 1.165) is 5.56 Å². The van der Waals surface area contributed by atoms with Gasteiger partial charge < -0.3 is 10.4 Å². The van der Waals surface area contributed by atoms with E-state index in [1.807, 2.05) is 6.92 Å². The molecular formula is C12H17NO5S. The molecule has 0 saturated carbocycles. The van der Waals surface area contributed by atoms with Crippen LogP contribution in [0.15, 0.2) is 29.2 Å². The smallest absolute Gasteiger partial charge is 0.297 e. The molecule has 0 aliphatic carbocycles. The summed E-state index contributed by atoms with van der Waals surface area (Å²) < 4.78 is 28.3. The van der Waals surface area contributed by atoms with Crippen LogP contribution in [0.3, 0.4) is 0 Å². The number of amides is 1. The number of carbonyl (C=O) groups is 1. The summed E-state index contributed by atoms with van der Waals surface area (Å²) in [5.74, 6) is -0.305. The standard InChI is InChI=1S/C12H17NO5S/c1-9-3-5-12(6-4-9)19(16,17)18-8-11(15)7-13-10(2)14/h3-6,11,15H,7-8H2,1-2H3,(H,13,14). The molecule has 0 bridgehead atoms. The Hall–Kier alpha value is -1.44. The number of aryl methyl sites for hydroxylation is 1. The van der Waals surface area contributed by atoms with Gasteiger partial charge in [0, 0.05) is 13.5 Å². The van der Waals surface area contributed by atoms with Crippen molar-refractivity contribution in [3.8, 4) is 0 Å². The third kappa shape index (κ3) is 5.37. The topological polar surface area (TPSA) is 92.7 Å². The van der Waals surface area contributed by atoms with E-state index in [1.165, 1.54) is 19.1 Å². The highest BCUT2D eigenvalue weighted by Gasteiger charge is 2.17. The maximum atomic E-state index is 11.8. The predicted octanol–water partition coefficient (Wildman–Crippen LogP) is 0.197. The van der Waals surface area contributed by atoms with Gasteiger partial charge in [0.05, 0.1) is 17.6 Å². The van der Waals surface area contributed by atoms with E-state index in [9.17, 15) is 18.3 Å². The third-order valence-electron chi connectivity index (χ3n) is 2.31. The molecule has 1 aromatic carbocycles. The molecule has 0 aliphatic heterocycles. The lowest BCUT2D eigenvalue weighted by molar-refractivity contribution is -0.119. The Bertz CT molecular complexity index is 524. The average molecular weight is 287 g/mol. The highest BCUT2D eigenvalue weighted by molar-refractivity contribution is 7.86. The number of aliphatic hydroxyl groups is 1. The number of aliphatic hydroxyl groups excluding tert-OH is 1. The van der Waals surface area contributed by atoms with Crippen LogP contribution < -0.4 is 5.32 Å². The van der Waals surface area contributed by atoms with Gasteiger partial charge in [0.2, 0.25) is 5.91 Å². The zero-order valence-corrected chi connectivity index (χ0v) is 11.6. The van der Waals surface area contributed by atoms with Gasteiger partial charge in [-0.2, -0.15) is 8.42 Å². The van der Waals surface area contributed by atoms with Crippen molar-refractivity contribution in [2.45, 2.75) is 24.8 Å². The van der Waals surface area contributed by atoms with Crippen molar-refractivity contribution in [1.29, 1.82) is 0 Å². The molecule has 0 aromatic heterocycles. The van der Waals surface area contributed by atoms with Gasteiger partial charge in [0.1, 0.15) is 0 Å². The summed E-state index contributed by atoms with van der Waals surface area (Å²) in [5.41, 5.74) is 0.935. The van der Waals surface area contributed by atoms with Crippen molar-refractivity contribution < 1.29 is 22.5 Å². The molecule has 0 spiro atoms. The lowest BCUT2D eigenvalue weighted by Gasteiger charge is -2.11. The van der Waals surface area contributed by atoms with Crippen LogP contribution in [0.5, 0.6) is 0 Å². The minimum absolute atomic E-state index is 0.0322. The largest absolute Gasteiger partial charge is 0.389 e. The van der Waals surface area contributed by atoms with Gasteiger partial charge in [-0.25, -0.2) is 0 Å². The first-order chi connectivity index (χ1) is 8.81. The second-order valence-corrected chi connectivity index (χ2v) is 5.76. The second kappa shape index (κ2) is 6.65. The van der Waals surface area contributed by atoms with Crippen LogP contribution in [-0.2, 0) is 19.1 Å². The molecule has 1 amide bonds. The van der Waals surface area contributed by atoms with Crippen molar-refractivity contribution in [2.75, 3.05) is 13.2 Å². The van der Waals surface area contributed by atoms with Crippen LogP contribution in [0.25, 0.3) is 0 Å². The fraction of sp³-hybridized carbons (Fsp3) is 0.417. The van der Waals surface area contributed by atoms with E-state index in [4.69, 9.17) is 4.18 Å². The zero-order chi connectivity index (χ0) is 14.5. The first-order valence-electron chi connectivity index (χ1n) is 5.70. The highest BCUT2D eigenvalue weighted by atomic mass is 32.2. The molecule has 1 aromatic rings. The Morgan fingerprint density at radius 3 is 2.47 bits per heavy atom. The SMILES string of the molecule is CC(=O)NCC(O)COS(=O)(=O)c1ccc(C)cc1. The fourth-order valence-corrected chi connectivity index (χ4v) is 2.20. The Labute approximate surface area is 112 Å². The molecule has 106 valence electrons. The van der Waals surface area contributed by atoms with Gasteiger partial charge >= 0.3 is 0 Å². The van der Waals surface area contributed by atoms with E-state index < -0.39 is 22.8 Å². The van der Waals surface area contributed by atoms with Crippen LogP contribution in [0, 0.1) is 6.92 Å². The molecule has 0 saturated heterocycles.